The first-order valence-corrected chi connectivity index (χ1v) is 3.98. The van der Waals surface area contributed by atoms with Gasteiger partial charge in [0.15, 0.2) is 0 Å². The predicted octanol–water partition coefficient (Wildman–Crippen LogP) is 3.34. The molecule has 0 nitrogen and oxygen atoms in total. The van der Waals surface area contributed by atoms with Gasteiger partial charge in [-0.1, -0.05) is 12.2 Å². The molecule has 0 heterocycles. The Morgan fingerprint density at radius 1 is 1.38 bits per heavy atom. The van der Waals surface area contributed by atoms with Gasteiger partial charge < -0.3 is 0 Å². The third-order valence-electron chi connectivity index (χ3n) is 1.19. The zero-order valence-electron chi connectivity index (χ0n) is 4.38. The SMILES string of the molecule is C=C1CC(=C(Br)Br)C1. The summed E-state index contributed by atoms with van der Waals surface area (Å²) in [4.78, 5) is 0. The lowest BCUT2D eigenvalue weighted by Crippen LogP contribution is -2.00. The molecule has 44 valence electrons. The van der Waals surface area contributed by atoms with Crippen molar-refractivity contribution in [3.63, 3.8) is 0 Å². The molecule has 0 saturated heterocycles. The van der Waals surface area contributed by atoms with Crippen molar-refractivity contribution in [1.82, 2.24) is 0 Å². The third kappa shape index (κ3) is 1.23. The molecule has 1 rings (SSSR count). The highest BCUT2D eigenvalue weighted by atomic mass is 79.9. The van der Waals surface area contributed by atoms with Gasteiger partial charge in [-0.3, -0.25) is 0 Å². The largest absolute Gasteiger partial charge is 0.0992 e. The summed E-state index contributed by atoms with van der Waals surface area (Å²) in [6, 6.07) is 0. The van der Waals surface area contributed by atoms with Crippen LogP contribution in [0.3, 0.4) is 0 Å². The minimum Gasteiger partial charge on any atom is -0.0992 e. The lowest BCUT2D eigenvalue weighted by atomic mass is 9.89. The van der Waals surface area contributed by atoms with Crippen LogP contribution in [0.25, 0.3) is 0 Å². The Balaban J connectivity index is 2.57. The summed E-state index contributed by atoms with van der Waals surface area (Å²) < 4.78 is 1.11. The molecule has 0 atom stereocenters. The number of hydrogen-bond acceptors (Lipinski definition) is 0. The van der Waals surface area contributed by atoms with E-state index in [9.17, 15) is 0 Å². The van der Waals surface area contributed by atoms with Crippen molar-refractivity contribution in [3.05, 3.63) is 21.1 Å². The van der Waals surface area contributed by atoms with Gasteiger partial charge in [0.2, 0.25) is 0 Å². The summed E-state index contributed by atoms with van der Waals surface area (Å²) in [5, 5.41) is 0. The molecule has 0 aromatic rings. The Kier molecular flexibility index (Phi) is 1.93. The minimum atomic E-state index is 1.08. The molecule has 0 N–H and O–H groups in total. The van der Waals surface area contributed by atoms with Gasteiger partial charge in [0.25, 0.3) is 0 Å². The molecule has 0 unspecified atom stereocenters. The summed E-state index contributed by atoms with van der Waals surface area (Å²) >= 11 is 6.67. The summed E-state index contributed by atoms with van der Waals surface area (Å²) in [6.07, 6.45) is 2.15. The van der Waals surface area contributed by atoms with Crippen LogP contribution in [0, 0.1) is 0 Å². The fourth-order valence-electron chi connectivity index (χ4n) is 0.685. The molecule has 0 aliphatic heterocycles. The number of hydrogen-bond donors (Lipinski definition) is 0. The van der Waals surface area contributed by atoms with Crippen LogP contribution in [0.15, 0.2) is 21.1 Å². The Bertz CT molecular complexity index is 142. The lowest BCUT2D eigenvalue weighted by molar-refractivity contribution is 0.869. The highest BCUT2D eigenvalue weighted by Crippen LogP contribution is 2.37. The molecule has 0 spiro atoms. The summed E-state index contributed by atoms with van der Waals surface area (Å²) in [6.45, 7) is 3.82. The van der Waals surface area contributed by atoms with Crippen LogP contribution < -0.4 is 0 Å². The summed E-state index contributed by atoms with van der Waals surface area (Å²) in [7, 11) is 0. The van der Waals surface area contributed by atoms with E-state index in [-0.39, 0.29) is 0 Å². The van der Waals surface area contributed by atoms with Gasteiger partial charge in [0, 0.05) is 0 Å². The van der Waals surface area contributed by atoms with E-state index in [4.69, 9.17) is 0 Å². The van der Waals surface area contributed by atoms with Crippen LogP contribution in [0.2, 0.25) is 0 Å². The molecule has 0 amide bonds. The van der Waals surface area contributed by atoms with Crippen LogP contribution in [-0.2, 0) is 0 Å². The first-order chi connectivity index (χ1) is 3.70. The molecule has 1 fully saturated rings. The quantitative estimate of drug-likeness (QED) is 0.567. The Morgan fingerprint density at radius 3 is 2.00 bits per heavy atom. The highest BCUT2D eigenvalue weighted by molar-refractivity contribution is 9.28. The molecule has 0 aromatic heterocycles. The molecule has 0 aromatic carbocycles. The first kappa shape index (κ1) is 6.56. The summed E-state index contributed by atoms with van der Waals surface area (Å²) in [5.41, 5.74) is 2.76. The van der Waals surface area contributed by atoms with Crippen molar-refractivity contribution in [3.8, 4) is 0 Å². The van der Waals surface area contributed by atoms with Crippen molar-refractivity contribution in [2.24, 2.45) is 0 Å². The monoisotopic (exact) mass is 236 g/mol. The topological polar surface area (TPSA) is 0 Å². The Morgan fingerprint density at radius 2 is 1.88 bits per heavy atom. The normalized spacial score (nSPS) is 18.2. The molecule has 8 heavy (non-hydrogen) atoms. The maximum atomic E-state index is 3.82. The molecule has 1 aliphatic carbocycles. The highest BCUT2D eigenvalue weighted by Gasteiger charge is 2.14. The second-order valence-electron chi connectivity index (χ2n) is 1.97. The van der Waals surface area contributed by atoms with Crippen LogP contribution in [0.1, 0.15) is 12.8 Å². The van der Waals surface area contributed by atoms with Gasteiger partial charge in [-0.2, -0.15) is 0 Å². The van der Waals surface area contributed by atoms with Crippen LogP contribution in [0.5, 0.6) is 0 Å². The van der Waals surface area contributed by atoms with E-state index < -0.39 is 0 Å². The van der Waals surface area contributed by atoms with Gasteiger partial charge in [-0.25, -0.2) is 0 Å². The van der Waals surface area contributed by atoms with Crippen LogP contribution in [0.4, 0.5) is 0 Å². The Labute approximate surface area is 65.9 Å². The van der Waals surface area contributed by atoms with Gasteiger partial charge in [-0.05, 0) is 50.3 Å². The second kappa shape index (κ2) is 2.36. The average molecular weight is 238 g/mol. The third-order valence-corrected chi connectivity index (χ3v) is 2.32. The average Bonchev–Trinajstić information content (AvgIpc) is 1.57. The number of allylic oxidation sites excluding steroid dienone is 2. The maximum absolute atomic E-state index is 3.82. The zero-order chi connectivity index (χ0) is 6.15. The van der Waals surface area contributed by atoms with E-state index in [1.54, 1.807) is 0 Å². The smallest absolute Gasteiger partial charge is 0.0602 e. The van der Waals surface area contributed by atoms with E-state index in [1.165, 1.54) is 11.1 Å². The molecular formula is C6H6Br2. The van der Waals surface area contributed by atoms with Crippen molar-refractivity contribution >= 4 is 31.9 Å². The maximum Gasteiger partial charge on any atom is 0.0602 e. The molecule has 2 heteroatoms. The van der Waals surface area contributed by atoms with E-state index in [0.29, 0.717) is 0 Å². The van der Waals surface area contributed by atoms with Crippen molar-refractivity contribution in [2.45, 2.75) is 12.8 Å². The first-order valence-electron chi connectivity index (χ1n) is 2.40. The van der Waals surface area contributed by atoms with Crippen LogP contribution >= 0.6 is 31.9 Å². The van der Waals surface area contributed by atoms with Gasteiger partial charge in [-0.15, -0.1) is 0 Å². The van der Waals surface area contributed by atoms with Crippen molar-refractivity contribution in [2.75, 3.05) is 0 Å². The minimum absolute atomic E-state index is 1.08. The fourth-order valence-corrected chi connectivity index (χ4v) is 1.25. The second-order valence-corrected chi connectivity index (χ2v) is 4.62. The zero-order valence-corrected chi connectivity index (χ0v) is 7.55. The standard InChI is InChI=1S/C6H6Br2/c1-4-2-5(3-4)6(7)8/h1-3H2. The van der Waals surface area contributed by atoms with Crippen molar-refractivity contribution in [1.29, 1.82) is 0 Å². The molecular weight excluding hydrogens is 232 g/mol. The van der Waals surface area contributed by atoms with Gasteiger partial charge in [0.05, 0.1) is 3.39 Å². The molecule has 1 aliphatic rings. The van der Waals surface area contributed by atoms with Crippen molar-refractivity contribution < 1.29 is 0 Å². The lowest BCUT2D eigenvalue weighted by Gasteiger charge is -2.19. The van der Waals surface area contributed by atoms with E-state index in [0.717, 1.165) is 16.2 Å². The van der Waals surface area contributed by atoms with E-state index >= 15 is 0 Å². The molecule has 0 radical (unpaired) electrons. The van der Waals surface area contributed by atoms with Gasteiger partial charge in [0.1, 0.15) is 0 Å². The van der Waals surface area contributed by atoms with Crippen LogP contribution in [-0.4, -0.2) is 0 Å². The van der Waals surface area contributed by atoms with Gasteiger partial charge >= 0.3 is 0 Å². The molecule has 1 saturated carbocycles. The predicted molar refractivity (Wildman–Crippen MR) is 43.3 cm³/mol. The molecule has 0 bridgehead atoms. The Hall–Kier alpha value is 0.440. The summed E-state index contributed by atoms with van der Waals surface area (Å²) in [5.74, 6) is 0. The number of halogens is 2. The number of rotatable bonds is 0. The van der Waals surface area contributed by atoms with E-state index in [2.05, 4.69) is 38.4 Å². The van der Waals surface area contributed by atoms with E-state index in [1.807, 2.05) is 0 Å². The fraction of sp³-hybridized carbons (Fsp3) is 0.333.